The molecular formula is C6H3ClNO3-. The quantitative estimate of drug-likeness (QED) is 0.417. The van der Waals surface area contributed by atoms with Gasteiger partial charge in [-0.15, -0.1) is 0 Å². The van der Waals surface area contributed by atoms with Gasteiger partial charge in [-0.05, 0) is 0 Å². The molecule has 0 N–H and O–H groups in total. The summed E-state index contributed by atoms with van der Waals surface area (Å²) in [6, 6.07) is 1.19. The number of rotatable bonds is 1. The normalized spacial score (nSPS) is 9.55. The molecule has 0 saturated carbocycles. The van der Waals surface area contributed by atoms with Crippen LogP contribution in [0.15, 0.2) is 18.5 Å². The molecule has 0 aromatic carbocycles. The van der Waals surface area contributed by atoms with Gasteiger partial charge in [0.25, 0.3) is 0 Å². The van der Waals surface area contributed by atoms with E-state index in [-0.39, 0.29) is 10.6 Å². The number of halogens is 1. The summed E-state index contributed by atoms with van der Waals surface area (Å²) >= 11 is 5.42. The van der Waals surface area contributed by atoms with Gasteiger partial charge in [-0.1, -0.05) is 11.6 Å². The average molecular weight is 173 g/mol. The minimum absolute atomic E-state index is 0.00269. The standard InChI is InChI=1S/C6H4ClNO3/c7-5-1-2-8(11)3-4(5)6(9)10/h1-3H,(H,9,10)/p-1. The molecule has 5 heteroatoms. The lowest BCUT2D eigenvalue weighted by molar-refractivity contribution is -0.605. The molecule has 0 bridgehead atoms. The lowest BCUT2D eigenvalue weighted by Gasteiger charge is -2.03. The van der Waals surface area contributed by atoms with Crippen molar-refractivity contribution in [2.24, 2.45) is 0 Å². The van der Waals surface area contributed by atoms with Crippen LogP contribution in [0.3, 0.4) is 0 Å². The van der Waals surface area contributed by atoms with Crippen LogP contribution in [0.2, 0.25) is 5.02 Å². The Morgan fingerprint density at radius 1 is 1.64 bits per heavy atom. The number of hydrogen-bond acceptors (Lipinski definition) is 3. The third kappa shape index (κ3) is 1.59. The zero-order chi connectivity index (χ0) is 8.43. The molecule has 4 nitrogen and oxygen atoms in total. The summed E-state index contributed by atoms with van der Waals surface area (Å²) in [6.45, 7) is 0. The molecule has 0 amide bonds. The molecule has 0 spiro atoms. The van der Waals surface area contributed by atoms with E-state index in [0.717, 1.165) is 12.4 Å². The minimum atomic E-state index is -1.46. The zero-order valence-corrected chi connectivity index (χ0v) is 6.04. The number of pyridine rings is 1. The molecule has 0 saturated heterocycles. The van der Waals surface area contributed by atoms with E-state index >= 15 is 0 Å². The van der Waals surface area contributed by atoms with Crippen molar-refractivity contribution in [1.29, 1.82) is 0 Å². The first-order valence-corrected chi connectivity index (χ1v) is 3.08. The molecule has 0 unspecified atom stereocenters. The fraction of sp³-hybridized carbons (Fsp3) is 0. The SMILES string of the molecule is O=C([O-])c1c[n+]([O-])ccc1Cl. The monoisotopic (exact) mass is 172 g/mol. The summed E-state index contributed by atoms with van der Waals surface area (Å²) in [4.78, 5) is 10.2. The third-order valence-corrected chi connectivity index (χ3v) is 1.43. The van der Waals surface area contributed by atoms with Crippen LogP contribution >= 0.6 is 11.6 Å². The first kappa shape index (κ1) is 7.81. The average Bonchev–Trinajstić information content (AvgIpc) is 1.94. The van der Waals surface area contributed by atoms with Crippen LogP contribution in [-0.4, -0.2) is 5.97 Å². The van der Waals surface area contributed by atoms with Crippen molar-refractivity contribution in [1.82, 2.24) is 0 Å². The highest BCUT2D eigenvalue weighted by Crippen LogP contribution is 2.10. The summed E-state index contributed by atoms with van der Waals surface area (Å²) in [5.41, 5.74) is -0.302. The van der Waals surface area contributed by atoms with Crippen molar-refractivity contribution < 1.29 is 14.6 Å². The molecule has 0 aliphatic carbocycles. The molecule has 0 aliphatic rings. The molecule has 0 aliphatic heterocycles. The molecule has 11 heavy (non-hydrogen) atoms. The maximum Gasteiger partial charge on any atom is 0.190 e. The summed E-state index contributed by atoms with van der Waals surface area (Å²) in [6.07, 6.45) is 1.95. The van der Waals surface area contributed by atoms with Crippen LogP contribution in [0, 0.1) is 5.21 Å². The van der Waals surface area contributed by atoms with Gasteiger partial charge in [-0.25, -0.2) is 0 Å². The summed E-state index contributed by atoms with van der Waals surface area (Å²) in [5.74, 6) is -1.46. The van der Waals surface area contributed by atoms with Crippen molar-refractivity contribution in [2.75, 3.05) is 0 Å². The Hall–Kier alpha value is -1.29. The molecule has 1 aromatic heterocycles. The molecule has 0 atom stereocenters. The molecule has 0 fully saturated rings. The highest BCUT2D eigenvalue weighted by atomic mass is 35.5. The van der Waals surface area contributed by atoms with Crippen molar-refractivity contribution in [2.45, 2.75) is 0 Å². The first-order chi connectivity index (χ1) is 5.11. The van der Waals surface area contributed by atoms with Crippen LogP contribution in [0.4, 0.5) is 0 Å². The van der Waals surface area contributed by atoms with Crippen LogP contribution in [-0.2, 0) is 0 Å². The second-order valence-corrected chi connectivity index (χ2v) is 2.26. The van der Waals surface area contributed by atoms with Gasteiger partial charge in [0.15, 0.2) is 12.4 Å². The Morgan fingerprint density at radius 3 is 2.73 bits per heavy atom. The number of aromatic carboxylic acids is 1. The summed E-state index contributed by atoms with van der Waals surface area (Å²) in [5, 5.41) is 20.7. The third-order valence-electron chi connectivity index (χ3n) is 1.10. The number of hydrogen-bond donors (Lipinski definition) is 0. The number of carbonyl (C=O) groups excluding carboxylic acids is 1. The maximum atomic E-state index is 10.5. The topological polar surface area (TPSA) is 67.1 Å². The van der Waals surface area contributed by atoms with Gasteiger partial charge < -0.3 is 15.1 Å². The number of carboxylic acid groups (broad SMARTS) is 1. The first-order valence-electron chi connectivity index (χ1n) is 2.71. The predicted molar refractivity (Wildman–Crippen MR) is 34.7 cm³/mol. The van der Waals surface area contributed by atoms with Crippen LogP contribution < -0.4 is 9.84 Å². The predicted octanol–water partition coefficient (Wildman–Crippen LogP) is -0.663. The Labute approximate surface area is 67.2 Å². The van der Waals surface area contributed by atoms with E-state index in [1.807, 2.05) is 0 Å². The molecular weight excluding hydrogens is 170 g/mol. The number of carboxylic acids is 1. The molecule has 1 rings (SSSR count). The van der Waals surface area contributed by atoms with Crippen molar-refractivity contribution in [3.63, 3.8) is 0 Å². The Kier molecular flexibility index (Phi) is 1.96. The summed E-state index contributed by atoms with van der Waals surface area (Å²) in [7, 11) is 0. The van der Waals surface area contributed by atoms with Crippen molar-refractivity contribution in [3.05, 3.63) is 34.3 Å². The molecule has 0 radical (unpaired) electrons. The fourth-order valence-electron chi connectivity index (χ4n) is 0.611. The second kappa shape index (κ2) is 2.75. The smallest absolute Gasteiger partial charge is 0.190 e. The Bertz CT molecular complexity index is 300. The van der Waals surface area contributed by atoms with Gasteiger partial charge in [-0.2, -0.15) is 4.73 Å². The van der Waals surface area contributed by atoms with Crippen molar-refractivity contribution in [3.8, 4) is 0 Å². The highest BCUT2D eigenvalue weighted by Gasteiger charge is 2.04. The van der Waals surface area contributed by atoms with Crippen LogP contribution in [0.5, 0.6) is 0 Å². The number of aromatic nitrogens is 1. The van der Waals surface area contributed by atoms with E-state index in [4.69, 9.17) is 11.6 Å². The Morgan fingerprint density at radius 2 is 2.27 bits per heavy atom. The zero-order valence-electron chi connectivity index (χ0n) is 5.28. The molecule has 1 aromatic rings. The molecule has 1 heterocycles. The summed E-state index contributed by atoms with van der Waals surface area (Å²) < 4.78 is 0.344. The second-order valence-electron chi connectivity index (χ2n) is 1.85. The van der Waals surface area contributed by atoms with E-state index < -0.39 is 5.97 Å². The number of carbonyl (C=O) groups is 1. The highest BCUT2D eigenvalue weighted by molar-refractivity contribution is 6.33. The fourth-order valence-corrected chi connectivity index (χ4v) is 0.793. The van der Waals surface area contributed by atoms with Gasteiger partial charge in [0, 0.05) is 6.07 Å². The van der Waals surface area contributed by atoms with Gasteiger partial charge in [0.05, 0.1) is 16.6 Å². The van der Waals surface area contributed by atoms with E-state index in [2.05, 4.69) is 0 Å². The largest absolute Gasteiger partial charge is 0.619 e. The van der Waals surface area contributed by atoms with Gasteiger partial charge in [0.1, 0.15) is 0 Å². The van der Waals surface area contributed by atoms with E-state index in [1.165, 1.54) is 6.07 Å². The van der Waals surface area contributed by atoms with Gasteiger partial charge in [0.2, 0.25) is 0 Å². The van der Waals surface area contributed by atoms with E-state index in [0.29, 0.717) is 4.73 Å². The van der Waals surface area contributed by atoms with Gasteiger partial charge >= 0.3 is 0 Å². The number of nitrogens with zero attached hydrogens (tertiary/aromatic N) is 1. The maximum absolute atomic E-state index is 10.5. The lowest BCUT2D eigenvalue weighted by Crippen LogP contribution is -2.30. The van der Waals surface area contributed by atoms with Gasteiger partial charge in [-0.3, -0.25) is 0 Å². The minimum Gasteiger partial charge on any atom is -0.619 e. The lowest BCUT2D eigenvalue weighted by atomic mass is 10.3. The van der Waals surface area contributed by atoms with E-state index in [1.54, 1.807) is 0 Å². The van der Waals surface area contributed by atoms with E-state index in [9.17, 15) is 15.1 Å². The van der Waals surface area contributed by atoms with Crippen LogP contribution in [0.25, 0.3) is 0 Å². The van der Waals surface area contributed by atoms with Crippen LogP contribution in [0.1, 0.15) is 10.4 Å². The molecule has 58 valence electrons. The van der Waals surface area contributed by atoms with Crippen molar-refractivity contribution >= 4 is 17.6 Å². The Balaban J connectivity index is 3.23.